The highest BCUT2D eigenvalue weighted by atomic mass is 35.5. The molecule has 10 heteroatoms. The number of piperidine rings is 1. The van der Waals surface area contributed by atoms with Crippen LogP contribution in [0.15, 0.2) is 45.7 Å². The number of hydrogen-bond acceptors (Lipinski definition) is 6. The fourth-order valence-corrected chi connectivity index (χ4v) is 6.00. The molecule has 0 spiro atoms. The lowest BCUT2D eigenvalue weighted by atomic mass is 9.96. The molecule has 8 nitrogen and oxygen atoms in total. The molecule has 1 N–H and O–H groups in total. The van der Waals surface area contributed by atoms with Crippen LogP contribution in [0.25, 0.3) is 0 Å². The third-order valence-corrected chi connectivity index (χ3v) is 7.68. The van der Waals surface area contributed by atoms with Crippen LogP contribution in [0.4, 0.5) is 0 Å². The van der Waals surface area contributed by atoms with Crippen LogP contribution in [0.5, 0.6) is 11.5 Å². The fraction of sp³-hybridized carbons (Fsp3) is 0.391. The Hall–Kier alpha value is -2.78. The molecule has 2 aromatic carbocycles. The van der Waals surface area contributed by atoms with E-state index in [4.69, 9.17) is 21.1 Å². The van der Waals surface area contributed by atoms with Crippen molar-refractivity contribution in [2.45, 2.75) is 24.2 Å². The summed E-state index contributed by atoms with van der Waals surface area (Å²) in [4.78, 5) is 15.0. The summed E-state index contributed by atoms with van der Waals surface area (Å²) in [6.07, 6.45) is 2.15. The minimum absolute atomic E-state index is 0.0434. The number of amidine groups is 1. The molecule has 33 heavy (non-hydrogen) atoms. The summed E-state index contributed by atoms with van der Waals surface area (Å²) < 4.78 is 39.9. The first-order valence-corrected chi connectivity index (χ1v) is 12.8. The van der Waals surface area contributed by atoms with Gasteiger partial charge in [-0.25, -0.2) is 0 Å². The molecule has 2 aromatic rings. The molecular weight excluding hydrogens is 466 g/mol. The number of fused-ring (bicyclic) bond motifs is 2. The van der Waals surface area contributed by atoms with Gasteiger partial charge in [0.1, 0.15) is 18.1 Å². The SMILES string of the molecule is O=C(NCCc1cc(Cl)c2c(c1)OCCO2)[C@@H]1CCCN(C2=NS(=O)(=O)c3ccccc32)C1. The molecule has 5 rings (SSSR count). The summed E-state index contributed by atoms with van der Waals surface area (Å²) in [5, 5.41) is 3.51. The lowest BCUT2D eigenvalue weighted by Crippen LogP contribution is -2.45. The Morgan fingerprint density at radius 2 is 2.03 bits per heavy atom. The van der Waals surface area contributed by atoms with Crippen LogP contribution in [-0.4, -0.2) is 57.9 Å². The van der Waals surface area contributed by atoms with E-state index in [-0.39, 0.29) is 16.7 Å². The second-order valence-electron chi connectivity index (χ2n) is 8.31. The molecule has 1 saturated heterocycles. The summed E-state index contributed by atoms with van der Waals surface area (Å²) in [5.74, 6) is 1.36. The molecule has 0 unspecified atom stereocenters. The number of halogens is 1. The first-order chi connectivity index (χ1) is 15.9. The number of sulfonamides is 1. The number of hydrogen-bond donors (Lipinski definition) is 1. The van der Waals surface area contributed by atoms with Gasteiger partial charge in [-0.05, 0) is 49.1 Å². The minimum atomic E-state index is -3.68. The number of ether oxygens (including phenoxy) is 2. The van der Waals surface area contributed by atoms with E-state index >= 15 is 0 Å². The fourth-order valence-electron chi connectivity index (χ4n) is 4.48. The summed E-state index contributed by atoms with van der Waals surface area (Å²) in [6, 6.07) is 10.6. The van der Waals surface area contributed by atoms with Crippen LogP contribution in [0.3, 0.4) is 0 Å². The van der Waals surface area contributed by atoms with E-state index in [1.54, 1.807) is 24.3 Å². The van der Waals surface area contributed by atoms with Gasteiger partial charge in [0, 0.05) is 25.2 Å². The third kappa shape index (κ3) is 4.39. The predicted octanol–water partition coefficient (Wildman–Crippen LogP) is 2.63. The monoisotopic (exact) mass is 489 g/mol. The van der Waals surface area contributed by atoms with Crippen molar-refractivity contribution in [3.63, 3.8) is 0 Å². The number of nitrogens with one attached hydrogen (secondary N) is 1. The maximum atomic E-state index is 12.9. The molecule has 174 valence electrons. The summed E-state index contributed by atoms with van der Waals surface area (Å²) in [6.45, 7) is 2.53. The first-order valence-electron chi connectivity index (χ1n) is 11.0. The normalized spacial score (nSPS) is 20.7. The van der Waals surface area contributed by atoms with Crippen LogP contribution in [0.2, 0.25) is 5.02 Å². The topological polar surface area (TPSA) is 97.3 Å². The van der Waals surface area contributed by atoms with Crippen molar-refractivity contribution >= 4 is 33.4 Å². The van der Waals surface area contributed by atoms with E-state index in [0.717, 1.165) is 18.4 Å². The Kier molecular flexibility index (Phi) is 5.92. The quantitative estimate of drug-likeness (QED) is 0.709. The molecule has 1 amide bonds. The summed E-state index contributed by atoms with van der Waals surface area (Å²) >= 11 is 6.29. The second-order valence-corrected chi connectivity index (χ2v) is 10.3. The summed E-state index contributed by atoms with van der Waals surface area (Å²) in [7, 11) is -3.68. The van der Waals surface area contributed by atoms with E-state index in [9.17, 15) is 13.2 Å². The molecule has 0 bridgehead atoms. The van der Waals surface area contributed by atoms with Gasteiger partial charge in [-0.3, -0.25) is 4.79 Å². The molecule has 3 heterocycles. The van der Waals surface area contributed by atoms with Gasteiger partial charge in [0.25, 0.3) is 10.0 Å². The Labute approximate surface area is 197 Å². The van der Waals surface area contributed by atoms with E-state index in [2.05, 4.69) is 9.71 Å². The van der Waals surface area contributed by atoms with Crippen molar-refractivity contribution in [3.8, 4) is 11.5 Å². The van der Waals surface area contributed by atoms with Crippen molar-refractivity contribution in [2.24, 2.45) is 10.3 Å². The molecular formula is C23H24ClN3O5S. The average molecular weight is 490 g/mol. The molecule has 3 aliphatic heterocycles. The number of likely N-dealkylation sites (tertiary alicyclic amines) is 1. The van der Waals surface area contributed by atoms with Gasteiger partial charge in [0.15, 0.2) is 17.3 Å². The molecule has 0 saturated carbocycles. The van der Waals surface area contributed by atoms with Crippen LogP contribution in [-0.2, 0) is 21.2 Å². The molecule has 3 aliphatic rings. The van der Waals surface area contributed by atoms with E-state index < -0.39 is 10.0 Å². The maximum absolute atomic E-state index is 12.9. The van der Waals surface area contributed by atoms with Crippen LogP contribution in [0, 0.1) is 5.92 Å². The minimum Gasteiger partial charge on any atom is -0.486 e. The standard InChI is InChI=1S/C23H24ClN3O5S/c24-18-12-15(13-19-21(18)32-11-10-31-19)7-8-25-23(28)16-4-3-9-27(14-16)22-17-5-1-2-6-20(17)33(29,30)26-22/h1-2,5-6,12-13,16H,3-4,7-11,14H2,(H,25,28)/t16-/m1/s1. The molecule has 0 aromatic heterocycles. The average Bonchev–Trinajstić information content (AvgIpc) is 3.10. The molecule has 0 radical (unpaired) electrons. The van der Waals surface area contributed by atoms with Gasteiger partial charge in [0.05, 0.1) is 10.9 Å². The van der Waals surface area contributed by atoms with E-state index in [1.165, 1.54) is 0 Å². The number of carbonyl (C=O) groups excluding carboxylic acids is 1. The first kappa shape index (κ1) is 22.0. The van der Waals surface area contributed by atoms with Crippen molar-refractivity contribution < 1.29 is 22.7 Å². The van der Waals surface area contributed by atoms with Crippen molar-refractivity contribution in [2.75, 3.05) is 32.8 Å². The zero-order valence-corrected chi connectivity index (χ0v) is 19.5. The van der Waals surface area contributed by atoms with Crippen molar-refractivity contribution in [3.05, 3.63) is 52.5 Å². The maximum Gasteiger partial charge on any atom is 0.285 e. The Morgan fingerprint density at radius 3 is 2.91 bits per heavy atom. The lowest BCUT2D eigenvalue weighted by Gasteiger charge is -2.33. The zero-order chi connectivity index (χ0) is 23.0. The number of nitrogens with zero attached hydrogens (tertiary/aromatic N) is 2. The number of benzene rings is 2. The highest BCUT2D eigenvalue weighted by Crippen LogP contribution is 2.38. The zero-order valence-electron chi connectivity index (χ0n) is 17.9. The number of carbonyl (C=O) groups is 1. The van der Waals surface area contributed by atoms with E-state index in [1.807, 2.05) is 17.0 Å². The van der Waals surface area contributed by atoms with Crippen LogP contribution in [0.1, 0.15) is 24.0 Å². The van der Waals surface area contributed by atoms with Crippen LogP contribution >= 0.6 is 11.6 Å². The molecule has 0 aliphatic carbocycles. The van der Waals surface area contributed by atoms with Crippen molar-refractivity contribution in [1.82, 2.24) is 10.2 Å². The van der Waals surface area contributed by atoms with Crippen molar-refractivity contribution in [1.29, 1.82) is 0 Å². The number of rotatable bonds is 4. The van der Waals surface area contributed by atoms with Gasteiger partial charge in [-0.2, -0.15) is 8.42 Å². The van der Waals surface area contributed by atoms with Gasteiger partial charge >= 0.3 is 0 Å². The Balaban J connectivity index is 1.21. The van der Waals surface area contributed by atoms with Gasteiger partial charge < -0.3 is 19.7 Å². The Morgan fingerprint density at radius 1 is 1.21 bits per heavy atom. The lowest BCUT2D eigenvalue weighted by molar-refractivity contribution is -0.126. The van der Waals surface area contributed by atoms with Gasteiger partial charge in [-0.1, -0.05) is 23.7 Å². The predicted molar refractivity (Wildman–Crippen MR) is 124 cm³/mol. The Bertz CT molecular complexity index is 1230. The smallest absolute Gasteiger partial charge is 0.285 e. The molecule has 1 fully saturated rings. The largest absolute Gasteiger partial charge is 0.486 e. The number of amides is 1. The highest BCUT2D eigenvalue weighted by molar-refractivity contribution is 7.90. The van der Waals surface area contributed by atoms with E-state index in [0.29, 0.717) is 67.2 Å². The van der Waals surface area contributed by atoms with Crippen LogP contribution < -0.4 is 14.8 Å². The second kappa shape index (κ2) is 8.87. The highest BCUT2D eigenvalue weighted by Gasteiger charge is 2.35. The van der Waals surface area contributed by atoms with Gasteiger partial charge in [-0.15, -0.1) is 4.40 Å². The van der Waals surface area contributed by atoms with Gasteiger partial charge in [0.2, 0.25) is 5.91 Å². The third-order valence-electron chi connectivity index (χ3n) is 6.07. The summed E-state index contributed by atoms with van der Waals surface area (Å²) in [5.41, 5.74) is 1.56. The molecule has 1 atom stereocenters.